The molecule has 7 nitrogen and oxygen atoms in total. The molecular weight excluding hydrogens is 301 g/mol. The number of amides is 1. The third-order valence-electron chi connectivity index (χ3n) is 4.54. The van der Waals surface area contributed by atoms with Crippen LogP contribution in [-0.4, -0.2) is 52.4 Å². The Hall–Kier alpha value is -1.38. The van der Waals surface area contributed by atoms with Gasteiger partial charge in [-0.1, -0.05) is 26.0 Å². The second-order valence-corrected chi connectivity index (χ2v) is 6.05. The van der Waals surface area contributed by atoms with Crippen LogP contribution >= 0.6 is 0 Å². The number of carbonyl (C=O) groups is 2. The van der Waals surface area contributed by atoms with E-state index in [0.29, 0.717) is 6.42 Å². The molecule has 1 fully saturated rings. The molecule has 5 atom stereocenters. The molecule has 0 bridgehead atoms. The van der Waals surface area contributed by atoms with E-state index in [1.165, 1.54) is 6.92 Å². The molecule has 1 aliphatic heterocycles. The molecule has 1 heterocycles. The molecule has 0 aliphatic carbocycles. The van der Waals surface area contributed by atoms with Crippen molar-refractivity contribution in [1.82, 2.24) is 5.32 Å². The fraction of sp³-hybridized carbons (Fsp3) is 0.733. The van der Waals surface area contributed by atoms with Crippen molar-refractivity contribution >= 4 is 19.5 Å². The molecule has 0 unspecified atom stereocenters. The van der Waals surface area contributed by atoms with E-state index < -0.39 is 36.7 Å². The molecule has 4 N–H and O–H groups in total. The van der Waals surface area contributed by atoms with E-state index in [2.05, 4.69) is 5.32 Å². The third-order valence-corrected chi connectivity index (χ3v) is 4.54. The molecule has 1 amide bonds. The number of nitrogens with one attached hydrogen (secondary N) is 1. The smallest absolute Gasteiger partial charge is 0.452 e. The van der Waals surface area contributed by atoms with Gasteiger partial charge in [0.2, 0.25) is 5.91 Å². The van der Waals surface area contributed by atoms with E-state index in [9.17, 15) is 24.7 Å². The molecule has 1 aliphatic rings. The Bertz CT molecular complexity index is 444. The van der Waals surface area contributed by atoms with Gasteiger partial charge in [-0.25, -0.2) is 0 Å². The number of hydrogen-bond donors (Lipinski definition) is 4. The molecule has 0 aromatic rings. The lowest BCUT2D eigenvalue weighted by atomic mass is 9.70. The molecule has 1 rings (SSSR count). The highest BCUT2D eigenvalue weighted by atomic mass is 16.5. The lowest BCUT2D eigenvalue weighted by molar-refractivity contribution is -0.151. The molecule has 1 saturated heterocycles. The first-order valence-corrected chi connectivity index (χ1v) is 7.94. The number of aliphatic hydroxyl groups excluding tert-OH is 1. The summed E-state index contributed by atoms with van der Waals surface area (Å²) in [6.07, 6.45) is 4.04. The first-order valence-electron chi connectivity index (χ1n) is 7.94. The van der Waals surface area contributed by atoms with Crippen LogP contribution in [0.15, 0.2) is 12.2 Å². The second kappa shape index (κ2) is 8.47. The molecule has 0 saturated carbocycles. The highest BCUT2D eigenvalue weighted by molar-refractivity contribution is 6.41. The zero-order valence-corrected chi connectivity index (χ0v) is 13.8. The van der Waals surface area contributed by atoms with Gasteiger partial charge in [0.25, 0.3) is 6.47 Å². The topological polar surface area (TPSA) is 116 Å². The molecule has 130 valence electrons. The minimum absolute atomic E-state index is 0.215. The van der Waals surface area contributed by atoms with E-state index in [-0.39, 0.29) is 18.7 Å². The van der Waals surface area contributed by atoms with Crippen molar-refractivity contribution in [2.24, 2.45) is 11.8 Å². The van der Waals surface area contributed by atoms with Gasteiger partial charge in [-0.05, 0) is 26.1 Å². The summed E-state index contributed by atoms with van der Waals surface area (Å²) in [6.45, 7) is 5.64. The predicted octanol–water partition coefficient (Wildman–Crippen LogP) is -0.141. The second-order valence-electron chi connectivity index (χ2n) is 6.05. The number of allylic oxidation sites excluding steroid dienone is 1. The Morgan fingerprint density at radius 1 is 1.43 bits per heavy atom. The summed E-state index contributed by atoms with van der Waals surface area (Å²) in [4.78, 5) is 23.1. The van der Waals surface area contributed by atoms with Gasteiger partial charge in [0, 0.05) is 5.92 Å². The van der Waals surface area contributed by atoms with Gasteiger partial charge >= 0.3 is 7.12 Å². The van der Waals surface area contributed by atoms with Crippen molar-refractivity contribution in [2.45, 2.75) is 57.7 Å². The third kappa shape index (κ3) is 4.34. The summed E-state index contributed by atoms with van der Waals surface area (Å²) in [6, 6.07) is -0.824. The normalized spacial score (nSPS) is 30.1. The van der Waals surface area contributed by atoms with Gasteiger partial charge in [0.05, 0.1) is 18.1 Å². The Morgan fingerprint density at radius 2 is 2.09 bits per heavy atom. The van der Waals surface area contributed by atoms with E-state index >= 15 is 0 Å². The van der Waals surface area contributed by atoms with Crippen molar-refractivity contribution < 1.29 is 29.5 Å². The summed E-state index contributed by atoms with van der Waals surface area (Å²) >= 11 is 0. The Balaban J connectivity index is 3.09. The van der Waals surface area contributed by atoms with Gasteiger partial charge in [-0.15, -0.1) is 0 Å². The van der Waals surface area contributed by atoms with Crippen LogP contribution in [-0.2, 0) is 14.3 Å². The molecule has 0 aromatic carbocycles. The maximum Gasteiger partial charge on any atom is 0.452 e. The maximum atomic E-state index is 12.2. The largest absolute Gasteiger partial charge is 0.458 e. The van der Waals surface area contributed by atoms with Crippen molar-refractivity contribution in [2.75, 3.05) is 0 Å². The number of hydrogen-bond acceptors (Lipinski definition) is 6. The fourth-order valence-electron chi connectivity index (χ4n) is 3.16. The summed E-state index contributed by atoms with van der Waals surface area (Å²) < 4.78 is 5.14. The zero-order chi connectivity index (χ0) is 17.6. The summed E-state index contributed by atoms with van der Waals surface area (Å²) in [5.74, 6) is -1.63. The van der Waals surface area contributed by atoms with Crippen LogP contribution in [0, 0.1) is 11.8 Å². The van der Waals surface area contributed by atoms with Crippen molar-refractivity contribution in [3.05, 3.63) is 12.2 Å². The first kappa shape index (κ1) is 19.7. The van der Waals surface area contributed by atoms with Gasteiger partial charge in [-0.2, -0.15) is 0 Å². The fourth-order valence-corrected chi connectivity index (χ4v) is 3.16. The minimum Gasteiger partial charge on any atom is -0.458 e. The van der Waals surface area contributed by atoms with Crippen LogP contribution < -0.4 is 5.32 Å². The van der Waals surface area contributed by atoms with Crippen LogP contribution in [0.3, 0.4) is 0 Å². The van der Waals surface area contributed by atoms with Crippen molar-refractivity contribution in [3.8, 4) is 0 Å². The SMILES string of the molecule is CC/C=C\[C@H](CC)[C@H](O)[C@H]1NC(=O)[C@H](CB(O)O)[C@]1(C)OC=O. The number of ether oxygens (including phenoxy) is 1. The standard InChI is InChI=1S/C15H26BNO6/c1-4-6-7-10(5-2)12(19)13-15(3,23-9-18)11(8-16(21)22)14(20)17-13/h6-7,9-13,19,21-22H,4-5,8H2,1-3H3,(H,17,20)/b7-6-/t10-,11-,12-,13+,15-/m0/s1. The van der Waals surface area contributed by atoms with Crippen molar-refractivity contribution in [3.63, 3.8) is 0 Å². The summed E-state index contributed by atoms with van der Waals surface area (Å²) in [5.41, 5.74) is -1.35. The van der Waals surface area contributed by atoms with Crippen LogP contribution in [0.4, 0.5) is 0 Å². The highest BCUT2D eigenvalue weighted by Gasteiger charge is 2.57. The van der Waals surface area contributed by atoms with Gasteiger partial charge in [-0.3, -0.25) is 9.59 Å². The highest BCUT2D eigenvalue weighted by Crippen LogP contribution is 2.38. The van der Waals surface area contributed by atoms with Gasteiger partial charge in [0.1, 0.15) is 5.60 Å². The van der Waals surface area contributed by atoms with E-state index in [4.69, 9.17) is 4.74 Å². The molecular formula is C15H26BNO6. The maximum absolute atomic E-state index is 12.2. The van der Waals surface area contributed by atoms with Crippen LogP contribution in [0.2, 0.25) is 6.32 Å². The van der Waals surface area contributed by atoms with E-state index in [1.54, 1.807) is 0 Å². The van der Waals surface area contributed by atoms with Crippen LogP contribution in [0.5, 0.6) is 0 Å². The van der Waals surface area contributed by atoms with Crippen LogP contribution in [0.1, 0.15) is 33.6 Å². The minimum atomic E-state index is -1.71. The summed E-state index contributed by atoms with van der Waals surface area (Å²) in [5, 5.41) is 31.7. The van der Waals surface area contributed by atoms with E-state index in [0.717, 1.165) is 6.42 Å². The van der Waals surface area contributed by atoms with E-state index in [1.807, 2.05) is 26.0 Å². The quantitative estimate of drug-likeness (QED) is 0.266. The monoisotopic (exact) mass is 327 g/mol. The van der Waals surface area contributed by atoms with Crippen molar-refractivity contribution in [1.29, 1.82) is 0 Å². The van der Waals surface area contributed by atoms with Gasteiger partial charge < -0.3 is 25.2 Å². The lowest BCUT2D eigenvalue weighted by Crippen LogP contribution is -2.54. The molecule has 0 radical (unpaired) electrons. The first-order chi connectivity index (χ1) is 10.8. The van der Waals surface area contributed by atoms with Gasteiger partial charge in [0.15, 0.2) is 0 Å². The predicted molar refractivity (Wildman–Crippen MR) is 85.2 cm³/mol. The Morgan fingerprint density at radius 3 is 2.57 bits per heavy atom. The Labute approximate surface area is 136 Å². The summed E-state index contributed by atoms with van der Waals surface area (Å²) in [7, 11) is -1.71. The lowest BCUT2D eigenvalue weighted by Gasteiger charge is -2.37. The Kier molecular flexibility index (Phi) is 7.24. The molecule has 0 spiro atoms. The zero-order valence-electron chi connectivity index (χ0n) is 13.8. The molecule has 23 heavy (non-hydrogen) atoms. The number of aliphatic hydroxyl groups is 1. The number of carbonyl (C=O) groups excluding carboxylic acids is 2. The number of rotatable bonds is 9. The molecule has 8 heteroatoms. The van der Waals surface area contributed by atoms with Crippen LogP contribution in [0.25, 0.3) is 0 Å². The average Bonchev–Trinajstić information content (AvgIpc) is 2.72. The average molecular weight is 327 g/mol. The molecule has 0 aromatic heterocycles.